The number of para-hydroxylation sites is 6. The maximum atomic E-state index is 14.1. The first-order valence-corrected chi connectivity index (χ1v) is 47.3. The third kappa shape index (κ3) is 26.8. The highest BCUT2D eigenvalue weighted by Crippen LogP contribution is 2.41. The van der Waals surface area contributed by atoms with Crippen LogP contribution in [-0.4, -0.2) is 161 Å². The molecule has 738 valence electrons. The first-order chi connectivity index (χ1) is 68.4. The highest BCUT2D eigenvalue weighted by atomic mass is 35.5. The largest absolute Gasteiger partial charge is 0.507 e. The molecule has 0 atom stereocenters. The van der Waals surface area contributed by atoms with Crippen molar-refractivity contribution in [2.75, 3.05) is 95.1 Å². The molecular formula is C107H105ClF6N12O15S. The van der Waals surface area contributed by atoms with Crippen LogP contribution < -0.4 is 44.0 Å². The molecule has 16 aromatic rings. The molecule has 0 amide bonds. The monoisotopic (exact) mass is 1980 g/mol. The number of esters is 1. The van der Waals surface area contributed by atoms with Crippen LogP contribution in [0.4, 0.5) is 49.2 Å². The molecule has 2 N–H and O–H groups in total. The Morgan fingerprint density at radius 1 is 0.613 bits per heavy atom. The fourth-order valence-corrected chi connectivity index (χ4v) is 17.6. The number of halogens is 7. The Labute approximate surface area is 821 Å². The zero-order valence-electron chi connectivity index (χ0n) is 79.1. The normalized spacial score (nSPS) is 12.0. The van der Waals surface area contributed by atoms with E-state index in [-0.39, 0.29) is 66.2 Å². The SMILES string of the molecule is CCCOc1nc2ccccc2nc1N1CCN(c2ccccc2F)CC1.CCOc1cc(S(=O)(=O)N(Cc2ccccc2)Cc2ccccc2)c(OCC)cc1C.COC(=O)c1c(CN(C)Cc2nccn2CC(F)(F)F)nc2ccccc2c1-c1ccccc1.Cc1ccccc1OCCN(C)c1ccc([N+](=O)[O-])c(OC(F)F)c1.O=c1oc2ccccc2c(O)c1Cc1cc(Cl)c2cccnc2c1O. The average Bonchev–Trinajstić information content (AvgIpc) is 0.846. The third-order valence-electron chi connectivity index (χ3n) is 22.7. The van der Waals surface area contributed by atoms with E-state index < -0.39 is 57.3 Å². The van der Waals surface area contributed by atoms with E-state index in [9.17, 15) is 64.7 Å². The van der Waals surface area contributed by atoms with Gasteiger partial charge in [0.05, 0.1) is 94.4 Å². The Kier molecular flexibility index (Phi) is 35.8. The second kappa shape index (κ2) is 49.0. The molecule has 35 heteroatoms. The number of likely N-dealkylation sites (N-methyl/N-ethyl adjacent to an activating group) is 1. The number of benzene rings is 11. The number of methoxy groups -OCH3 is 1. The number of alkyl halides is 5. The zero-order chi connectivity index (χ0) is 101. The molecule has 142 heavy (non-hydrogen) atoms. The van der Waals surface area contributed by atoms with E-state index >= 15 is 0 Å². The van der Waals surface area contributed by atoms with Crippen molar-refractivity contribution in [2.24, 2.45) is 0 Å². The van der Waals surface area contributed by atoms with Crippen molar-refractivity contribution in [3.63, 3.8) is 0 Å². The van der Waals surface area contributed by atoms with Crippen molar-refractivity contribution < 1.29 is 87.5 Å². The van der Waals surface area contributed by atoms with E-state index in [0.29, 0.717) is 117 Å². The van der Waals surface area contributed by atoms with Gasteiger partial charge in [-0.15, -0.1) is 0 Å². The van der Waals surface area contributed by atoms with Crippen LogP contribution in [0.1, 0.15) is 82.4 Å². The predicted molar refractivity (Wildman–Crippen MR) is 536 cm³/mol. The second-order valence-electron chi connectivity index (χ2n) is 32.7. The van der Waals surface area contributed by atoms with E-state index in [0.717, 1.165) is 99.0 Å². The van der Waals surface area contributed by atoms with E-state index in [4.69, 9.17) is 49.7 Å². The summed E-state index contributed by atoms with van der Waals surface area (Å²) in [4.78, 5) is 65.7. The molecule has 0 radical (unpaired) electrons. The number of anilines is 3. The first kappa shape index (κ1) is 104. The Hall–Kier alpha value is -15.4. The highest BCUT2D eigenvalue weighted by Gasteiger charge is 2.34. The maximum Gasteiger partial charge on any atom is 0.406 e. The summed E-state index contributed by atoms with van der Waals surface area (Å²) >= 11 is 6.26. The van der Waals surface area contributed by atoms with Gasteiger partial charge in [-0.3, -0.25) is 25.0 Å². The molecule has 1 aliphatic rings. The van der Waals surface area contributed by atoms with Gasteiger partial charge in [-0.05, 0) is 148 Å². The van der Waals surface area contributed by atoms with E-state index in [1.165, 1.54) is 42.0 Å². The van der Waals surface area contributed by atoms with Crippen LogP contribution in [0.2, 0.25) is 5.02 Å². The number of nitro benzene ring substituents is 1. The minimum atomic E-state index is -4.35. The van der Waals surface area contributed by atoms with Crippen LogP contribution in [0.15, 0.2) is 294 Å². The van der Waals surface area contributed by atoms with Crippen molar-refractivity contribution in [1.82, 2.24) is 38.7 Å². The molecule has 1 fully saturated rings. The first-order valence-electron chi connectivity index (χ1n) is 45.5. The predicted octanol–water partition coefficient (Wildman–Crippen LogP) is 22.2. The van der Waals surface area contributed by atoms with E-state index in [2.05, 4.69) is 36.4 Å². The fraction of sp³-hybridized carbons (Fsp3) is 0.243. The molecule has 11 aromatic carbocycles. The van der Waals surface area contributed by atoms with Crippen LogP contribution in [0.5, 0.6) is 40.4 Å². The van der Waals surface area contributed by atoms with Gasteiger partial charge >= 0.3 is 30.1 Å². The molecule has 0 unspecified atom stereocenters. The molecule has 1 saturated heterocycles. The molecule has 0 spiro atoms. The number of pyridine rings is 2. The minimum Gasteiger partial charge on any atom is -0.507 e. The van der Waals surface area contributed by atoms with E-state index in [1.54, 1.807) is 90.8 Å². The molecule has 6 heterocycles. The van der Waals surface area contributed by atoms with Crippen molar-refractivity contribution in [3.05, 3.63) is 361 Å². The second-order valence-corrected chi connectivity index (χ2v) is 35.0. The lowest BCUT2D eigenvalue weighted by Gasteiger charge is -2.37. The number of sulfonamides is 1. The van der Waals surface area contributed by atoms with Gasteiger partial charge in [0, 0.05) is 124 Å². The number of rotatable bonds is 32. The van der Waals surface area contributed by atoms with Crippen LogP contribution in [0, 0.1) is 29.8 Å². The van der Waals surface area contributed by atoms with Gasteiger partial charge in [-0.25, -0.2) is 37.3 Å². The van der Waals surface area contributed by atoms with Gasteiger partial charge in [0.15, 0.2) is 5.82 Å². The zero-order valence-corrected chi connectivity index (χ0v) is 80.6. The summed E-state index contributed by atoms with van der Waals surface area (Å²) in [6.07, 6.45) is 0.724. The Morgan fingerprint density at radius 3 is 1.87 bits per heavy atom. The number of phenolic OH excluding ortho intramolecular Hbond substituents is 1. The minimum absolute atomic E-state index is 0.0307. The van der Waals surface area contributed by atoms with Crippen LogP contribution >= 0.6 is 11.6 Å². The highest BCUT2D eigenvalue weighted by molar-refractivity contribution is 7.89. The summed E-state index contributed by atoms with van der Waals surface area (Å²) in [6, 6.07) is 77.4. The average molecular weight is 1980 g/mol. The Balaban J connectivity index is 0.000000150. The summed E-state index contributed by atoms with van der Waals surface area (Å²) in [6.45, 7) is 11.4. The van der Waals surface area contributed by atoms with Gasteiger partial charge in [-0.1, -0.05) is 182 Å². The summed E-state index contributed by atoms with van der Waals surface area (Å²) < 4.78 is 146. The number of ether oxygens (including phenoxy) is 6. The standard InChI is InChI=1S/C25H23F3N4O2.C25H29NO4S.C21H23FN4O.C19H12ClNO4.C17H18F2N2O4/c1-31(15-21-29-12-13-32(21)16-25(26,27)28)14-20-23(24(33)34-2)22(17-8-4-3-5-9-17)18-10-6-7-11-19(18)30-20;1-4-29-23-17-25(24(30-5-2)16-20(23)3)31(27,28)26(18-21-12-8-6-9-13-21)19-22-14-10-7-11-15-22;1-2-15-27-21-20(23-17-8-4-5-9-18(17)24-21)26-13-11-25(12-14-26)19-10-6-3-7-16(19)22;20-14-9-10(17(22)16-11(14)5-3-7-21-16)8-13-18(23)12-4-1-2-6-15(12)25-19(13)24;1-12-5-3-4-6-15(12)24-10-9-20(2)13-7-8-14(21(22)23)16(11-13)25-17(18)19/h3-13H,14-16H2,1-2H3;6-17H,4-5,18-19H2,1-3H3;3-10H,2,11-15H2,1H3;1-7,9,22-23H,8H2;3-8,11,17H,9-10H2,1-2H3. The number of phenols is 1. The number of nitro groups is 1. The van der Waals surface area contributed by atoms with Crippen LogP contribution in [0.25, 0.3) is 54.9 Å². The van der Waals surface area contributed by atoms with Gasteiger partial charge in [-0.2, -0.15) is 26.3 Å². The molecule has 5 aromatic heterocycles. The van der Waals surface area contributed by atoms with Gasteiger partial charge in [0.1, 0.15) is 69.5 Å². The number of carbonyl (C=O) groups excluding carboxylic acids is 1. The van der Waals surface area contributed by atoms with Crippen LogP contribution in [-0.2, 0) is 53.9 Å². The lowest BCUT2D eigenvalue weighted by Crippen LogP contribution is -2.47. The molecule has 0 aliphatic carbocycles. The summed E-state index contributed by atoms with van der Waals surface area (Å²) in [5, 5.41) is 34.1. The topological polar surface area (TPSA) is 306 Å². The van der Waals surface area contributed by atoms with Crippen molar-refractivity contribution in [2.45, 2.75) is 97.9 Å². The third-order valence-corrected chi connectivity index (χ3v) is 24.8. The maximum absolute atomic E-state index is 14.1. The van der Waals surface area contributed by atoms with Crippen LogP contribution in [0.3, 0.4) is 0 Å². The number of hydrogen-bond donors (Lipinski definition) is 2. The van der Waals surface area contributed by atoms with Gasteiger partial charge < -0.3 is 62.3 Å². The van der Waals surface area contributed by atoms with Crippen molar-refractivity contribution in [3.8, 4) is 51.5 Å². The lowest BCUT2D eigenvalue weighted by atomic mass is 9.94. The van der Waals surface area contributed by atoms with Gasteiger partial charge in [0.2, 0.25) is 15.8 Å². The number of carbonyl (C=O) groups is 1. The number of fused-ring (bicyclic) bond motifs is 4. The summed E-state index contributed by atoms with van der Waals surface area (Å²) in [5.74, 6) is 1.86. The molecule has 0 saturated carbocycles. The number of hydrogen-bond acceptors (Lipinski definition) is 24. The molecule has 27 nitrogen and oxygen atoms in total. The lowest BCUT2D eigenvalue weighted by molar-refractivity contribution is -0.386. The number of aromatic nitrogens is 6. The number of aryl methyl sites for hydroxylation is 2. The molecule has 17 rings (SSSR count). The quantitative estimate of drug-likeness (QED) is 0.0130. The van der Waals surface area contributed by atoms with Crippen molar-refractivity contribution in [1.29, 1.82) is 0 Å². The summed E-state index contributed by atoms with van der Waals surface area (Å²) in [7, 11) is 0.907. The number of nitrogens with zero attached hydrogens (tertiary/aromatic N) is 12. The smallest absolute Gasteiger partial charge is 0.406 e. The number of piperazine rings is 1. The molecular weight excluding hydrogens is 1870 g/mol. The van der Waals surface area contributed by atoms with E-state index in [1.807, 2.05) is 204 Å². The summed E-state index contributed by atoms with van der Waals surface area (Å²) in [5.41, 5.74) is 9.50. The Morgan fingerprint density at radius 2 is 1.22 bits per heavy atom. The van der Waals surface area contributed by atoms with Crippen molar-refractivity contribution >= 4 is 94.3 Å². The fourth-order valence-electron chi connectivity index (χ4n) is 15.8. The van der Waals surface area contributed by atoms with Gasteiger partial charge in [0.25, 0.3) is 5.88 Å². The number of imidazole rings is 1. The number of aromatic hydroxyl groups is 2. The molecule has 0 bridgehead atoms. The Bertz CT molecular complexity index is 7160. The molecule has 1 aliphatic heterocycles.